The third kappa shape index (κ3) is 6.39. The molecule has 0 fully saturated rings. The highest BCUT2D eigenvalue weighted by Crippen LogP contribution is 2.19. The summed E-state index contributed by atoms with van der Waals surface area (Å²) < 4.78 is 11.4. The van der Waals surface area contributed by atoms with Crippen LogP contribution in [-0.4, -0.2) is 29.3 Å². The Bertz CT molecular complexity index is 1100. The summed E-state index contributed by atoms with van der Waals surface area (Å²) in [6.45, 7) is 4.78. The standard InChI is InChI=1S/C23H22N4O3S/c1-3-21-26-27-23(31-21)25-22(28)18(15-24)14-17-8-10-19(11-9-17)29-12-13-30-20-7-5-4-6-16(20)2/h4-11,14H,3,12-13H2,1-2H3,(H,25,27,28)/b18-14-. The molecule has 0 saturated heterocycles. The molecule has 2 aromatic carbocycles. The fraction of sp³-hybridized carbons (Fsp3) is 0.217. The Balaban J connectivity index is 1.53. The number of nitrogens with zero attached hydrogens (tertiary/aromatic N) is 3. The number of hydrogen-bond acceptors (Lipinski definition) is 7. The summed E-state index contributed by atoms with van der Waals surface area (Å²) in [5, 5.41) is 21.0. The van der Waals surface area contributed by atoms with Crippen LogP contribution in [0.1, 0.15) is 23.1 Å². The zero-order valence-electron chi connectivity index (χ0n) is 17.3. The van der Waals surface area contributed by atoms with Crippen molar-refractivity contribution < 1.29 is 14.3 Å². The van der Waals surface area contributed by atoms with Gasteiger partial charge >= 0.3 is 0 Å². The third-order valence-corrected chi connectivity index (χ3v) is 5.23. The molecule has 0 aliphatic rings. The number of aryl methyl sites for hydroxylation is 2. The first-order valence-corrected chi connectivity index (χ1v) is 10.6. The lowest BCUT2D eigenvalue weighted by Gasteiger charge is -2.10. The van der Waals surface area contributed by atoms with Crippen molar-refractivity contribution in [2.24, 2.45) is 0 Å². The van der Waals surface area contributed by atoms with Crippen LogP contribution in [0.5, 0.6) is 11.5 Å². The summed E-state index contributed by atoms with van der Waals surface area (Å²) in [6.07, 6.45) is 2.25. The van der Waals surface area contributed by atoms with Crippen LogP contribution in [0, 0.1) is 18.3 Å². The Morgan fingerprint density at radius 2 is 1.87 bits per heavy atom. The Morgan fingerprint density at radius 3 is 2.55 bits per heavy atom. The molecule has 7 nitrogen and oxygen atoms in total. The number of para-hydroxylation sites is 1. The van der Waals surface area contributed by atoms with Crippen molar-refractivity contribution in [1.82, 2.24) is 10.2 Å². The highest BCUT2D eigenvalue weighted by Gasteiger charge is 2.12. The molecule has 0 bridgehead atoms. The van der Waals surface area contributed by atoms with E-state index in [-0.39, 0.29) is 5.57 Å². The molecule has 1 N–H and O–H groups in total. The largest absolute Gasteiger partial charge is 0.490 e. The van der Waals surface area contributed by atoms with Gasteiger partial charge < -0.3 is 9.47 Å². The lowest BCUT2D eigenvalue weighted by molar-refractivity contribution is -0.112. The van der Waals surface area contributed by atoms with Crippen LogP contribution < -0.4 is 14.8 Å². The fourth-order valence-electron chi connectivity index (χ4n) is 2.62. The maximum atomic E-state index is 12.3. The molecular formula is C23H22N4O3S. The summed E-state index contributed by atoms with van der Waals surface area (Å²) in [4.78, 5) is 12.3. The van der Waals surface area contributed by atoms with E-state index in [4.69, 9.17) is 9.47 Å². The summed E-state index contributed by atoms with van der Waals surface area (Å²) in [5.41, 5.74) is 1.77. The highest BCUT2D eigenvalue weighted by molar-refractivity contribution is 7.15. The number of carbonyl (C=O) groups is 1. The molecule has 0 aliphatic heterocycles. The van der Waals surface area contributed by atoms with Gasteiger partial charge in [0.15, 0.2) is 0 Å². The van der Waals surface area contributed by atoms with E-state index >= 15 is 0 Å². The van der Waals surface area contributed by atoms with Gasteiger partial charge in [0.05, 0.1) is 0 Å². The monoisotopic (exact) mass is 434 g/mol. The molecule has 1 heterocycles. The van der Waals surface area contributed by atoms with Gasteiger partial charge in [-0.2, -0.15) is 5.26 Å². The zero-order valence-corrected chi connectivity index (χ0v) is 18.1. The number of amides is 1. The second-order valence-corrected chi connectivity index (χ2v) is 7.57. The second-order valence-electron chi connectivity index (χ2n) is 6.51. The summed E-state index contributed by atoms with van der Waals surface area (Å²) >= 11 is 1.29. The molecule has 158 valence electrons. The van der Waals surface area contributed by atoms with Gasteiger partial charge in [0, 0.05) is 0 Å². The van der Waals surface area contributed by atoms with Gasteiger partial charge in [0.25, 0.3) is 5.91 Å². The van der Waals surface area contributed by atoms with Crippen molar-refractivity contribution >= 4 is 28.5 Å². The van der Waals surface area contributed by atoms with Crippen molar-refractivity contribution in [3.63, 3.8) is 0 Å². The van der Waals surface area contributed by atoms with Crippen molar-refractivity contribution in [1.29, 1.82) is 5.26 Å². The van der Waals surface area contributed by atoms with Crippen molar-refractivity contribution in [2.45, 2.75) is 20.3 Å². The van der Waals surface area contributed by atoms with Gasteiger partial charge in [0.2, 0.25) is 5.13 Å². The zero-order chi connectivity index (χ0) is 22.1. The first-order chi connectivity index (χ1) is 15.1. The predicted octanol–water partition coefficient (Wildman–Crippen LogP) is 4.41. The molecule has 1 aromatic heterocycles. The SMILES string of the molecule is CCc1nnc(NC(=O)/C(C#N)=C\c2ccc(OCCOc3ccccc3C)cc2)s1. The topological polar surface area (TPSA) is 97.1 Å². The summed E-state index contributed by atoms with van der Waals surface area (Å²) in [6, 6.07) is 16.9. The predicted molar refractivity (Wildman–Crippen MR) is 120 cm³/mol. The van der Waals surface area contributed by atoms with E-state index in [9.17, 15) is 10.1 Å². The van der Waals surface area contributed by atoms with Crippen LogP contribution in [0.3, 0.4) is 0 Å². The second kappa shape index (κ2) is 10.9. The number of rotatable bonds is 9. The van der Waals surface area contributed by atoms with E-state index in [1.807, 2.05) is 44.2 Å². The Labute approximate surface area is 185 Å². The minimum atomic E-state index is -0.519. The van der Waals surface area contributed by atoms with Crippen LogP contribution in [-0.2, 0) is 11.2 Å². The minimum Gasteiger partial charge on any atom is -0.490 e. The quantitative estimate of drug-likeness (QED) is 0.304. The van der Waals surface area contributed by atoms with Gasteiger partial charge in [-0.3, -0.25) is 10.1 Å². The molecule has 0 radical (unpaired) electrons. The normalized spacial score (nSPS) is 10.9. The first-order valence-electron chi connectivity index (χ1n) is 9.76. The molecule has 0 saturated carbocycles. The lowest BCUT2D eigenvalue weighted by atomic mass is 10.1. The molecule has 0 unspecified atom stereocenters. The first kappa shape index (κ1) is 22.0. The molecule has 3 aromatic rings. The molecule has 3 rings (SSSR count). The molecular weight excluding hydrogens is 412 g/mol. The molecule has 0 aliphatic carbocycles. The van der Waals surface area contributed by atoms with Gasteiger partial charge in [-0.25, -0.2) is 0 Å². The van der Waals surface area contributed by atoms with E-state index in [1.165, 1.54) is 17.4 Å². The van der Waals surface area contributed by atoms with Crippen LogP contribution in [0.15, 0.2) is 54.1 Å². The lowest BCUT2D eigenvalue weighted by Crippen LogP contribution is -2.13. The Morgan fingerprint density at radius 1 is 1.13 bits per heavy atom. The maximum absolute atomic E-state index is 12.3. The Kier molecular flexibility index (Phi) is 7.73. The van der Waals surface area contributed by atoms with E-state index < -0.39 is 5.91 Å². The molecule has 0 spiro atoms. The number of anilines is 1. The van der Waals surface area contributed by atoms with Gasteiger partial charge in [0.1, 0.15) is 41.4 Å². The van der Waals surface area contributed by atoms with Crippen molar-refractivity contribution in [3.8, 4) is 17.6 Å². The van der Waals surface area contributed by atoms with Gasteiger partial charge in [-0.1, -0.05) is 48.6 Å². The van der Waals surface area contributed by atoms with E-state index in [0.717, 1.165) is 22.7 Å². The average Bonchev–Trinajstić information content (AvgIpc) is 3.24. The fourth-order valence-corrected chi connectivity index (χ4v) is 3.29. The average molecular weight is 435 g/mol. The van der Waals surface area contributed by atoms with E-state index in [0.29, 0.717) is 29.7 Å². The summed E-state index contributed by atoms with van der Waals surface area (Å²) in [5.74, 6) is 0.998. The summed E-state index contributed by atoms with van der Waals surface area (Å²) in [7, 11) is 0. The molecule has 1 amide bonds. The number of carbonyl (C=O) groups excluding carboxylic acids is 1. The van der Waals surface area contributed by atoms with Crippen LogP contribution >= 0.6 is 11.3 Å². The van der Waals surface area contributed by atoms with Crippen LogP contribution in [0.2, 0.25) is 0 Å². The van der Waals surface area contributed by atoms with Crippen LogP contribution in [0.4, 0.5) is 5.13 Å². The van der Waals surface area contributed by atoms with Crippen molar-refractivity contribution in [2.75, 3.05) is 18.5 Å². The number of aromatic nitrogens is 2. The van der Waals surface area contributed by atoms with Crippen LogP contribution in [0.25, 0.3) is 6.08 Å². The minimum absolute atomic E-state index is 0.0199. The number of benzene rings is 2. The number of hydrogen-bond donors (Lipinski definition) is 1. The Hall–Kier alpha value is -3.70. The maximum Gasteiger partial charge on any atom is 0.268 e. The molecule has 31 heavy (non-hydrogen) atoms. The molecule has 0 atom stereocenters. The third-order valence-electron chi connectivity index (χ3n) is 4.25. The smallest absolute Gasteiger partial charge is 0.268 e. The van der Waals surface area contributed by atoms with Crippen molar-refractivity contribution in [3.05, 3.63) is 70.2 Å². The van der Waals surface area contributed by atoms with Gasteiger partial charge in [-0.05, 0) is 48.7 Å². The van der Waals surface area contributed by atoms with E-state index in [2.05, 4.69) is 15.5 Å². The van der Waals surface area contributed by atoms with E-state index in [1.54, 1.807) is 24.3 Å². The highest BCUT2D eigenvalue weighted by atomic mass is 32.1. The number of nitrogens with one attached hydrogen (secondary N) is 1. The van der Waals surface area contributed by atoms with Gasteiger partial charge in [-0.15, -0.1) is 10.2 Å². The number of nitriles is 1. The number of ether oxygens (including phenoxy) is 2. The molecule has 8 heteroatoms.